The van der Waals surface area contributed by atoms with E-state index in [4.69, 9.17) is 11.6 Å². The fourth-order valence-corrected chi connectivity index (χ4v) is 1.80. The Hall–Kier alpha value is -1.21. The van der Waals surface area contributed by atoms with Crippen molar-refractivity contribution in [1.29, 1.82) is 0 Å². The van der Waals surface area contributed by atoms with Gasteiger partial charge in [0.05, 0.1) is 15.9 Å². The van der Waals surface area contributed by atoms with Crippen LogP contribution < -0.4 is 0 Å². The summed E-state index contributed by atoms with van der Waals surface area (Å²) in [5, 5.41) is 5.02. The van der Waals surface area contributed by atoms with E-state index in [2.05, 4.69) is 22.4 Å². The van der Waals surface area contributed by atoms with E-state index in [1.54, 1.807) is 0 Å². The van der Waals surface area contributed by atoms with Crippen molar-refractivity contribution >= 4 is 45.4 Å². The van der Waals surface area contributed by atoms with E-state index in [0.717, 1.165) is 16.5 Å². The molecule has 14 heavy (non-hydrogen) atoms. The molecule has 2 rings (SSSR count). The summed E-state index contributed by atoms with van der Waals surface area (Å²) in [6, 6.07) is 11.5. The number of rotatable bonds is 1. The molecule has 0 atom stereocenters. The third kappa shape index (κ3) is 1.55. The van der Waals surface area contributed by atoms with Crippen molar-refractivity contribution in [2.24, 2.45) is 4.99 Å². The van der Waals surface area contributed by atoms with Crippen molar-refractivity contribution < 1.29 is 0 Å². The van der Waals surface area contributed by atoms with E-state index >= 15 is 0 Å². The number of hydrogen-bond donors (Lipinski definition) is 0. The average molecular weight is 220 g/mol. The minimum absolute atomic E-state index is 0.687. The van der Waals surface area contributed by atoms with Gasteiger partial charge in [-0.1, -0.05) is 35.9 Å². The van der Waals surface area contributed by atoms with Gasteiger partial charge in [0.15, 0.2) is 0 Å². The standard InChI is InChI=1S/C11H6ClNS/c12-9-5-1-3-8-4-2-6-10(11(8)9)13-7-14/h1-6H. The summed E-state index contributed by atoms with van der Waals surface area (Å²) >= 11 is 10.7. The summed E-state index contributed by atoms with van der Waals surface area (Å²) in [7, 11) is 0. The molecule has 3 heteroatoms. The molecule has 0 fully saturated rings. The quantitative estimate of drug-likeness (QED) is 0.517. The topological polar surface area (TPSA) is 12.4 Å². The van der Waals surface area contributed by atoms with Crippen LogP contribution in [0.15, 0.2) is 41.4 Å². The van der Waals surface area contributed by atoms with E-state index in [1.807, 2.05) is 36.4 Å². The van der Waals surface area contributed by atoms with Gasteiger partial charge in [-0.05, 0) is 29.7 Å². The van der Waals surface area contributed by atoms with Crippen LogP contribution in [0.3, 0.4) is 0 Å². The van der Waals surface area contributed by atoms with Crippen molar-refractivity contribution in [3.63, 3.8) is 0 Å². The molecule has 0 N–H and O–H groups in total. The molecule has 0 bridgehead atoms. The number of benzene rings is 2. The van der Waals surface area contributed by atoms with Crippen LogP contribution in [0.4, 0.5) is 5.69 Å². The molecule has 0 aliphatic rings. The highest BCUT2D eigenvalue weighted by Crippen LogP contribution is 2.31. The zero-order valence-corrected chi connectivity index (χ0v) is 8.77. The van der Waals surface area contributed by atoms with Gasteiger partial charge in [-0.3, -0.25) is 0 Å². The zero-order valence-electron chi connectivity index (χ0n) is 7.20. The second-order valence-corrected chi connectivity index (χ2v) is 3.41. The monoisotopic (exact) mass is 219 g/mol. The van der Waals surface area contributed by atoms with Crippen molar-refractivity contribution in [1.82, 2.24) is 0 Å². The Kier molecular flexibility index (Phi) is 2.60. The van der Waals surface area contributed by atoms with Crippen LogP contribution in [0.5, 0.6) is 0 Å². The summed E-state index contributed by atoms with van der Waals surface area (Å²) in [4.78, 5) is 3.98. The molecule has 0 radical (unpaired) electrons. The van der Waals surface area contributed by atoms with Crippen LogP contribution >= 0.6 is 23.8 Å². The second kappa shape index (κ2) is 3.89. The molecule has 68 valence electrons. The molecular formula is C11H6ClNS. The number of fused-ring (bicyclic) bond motifs is 1. The summed E-state index contributed by atoms with van der Waals surface area (Å²) in [6.07, 6.45) is 0. The van der Waals surface area contributed by atoms with Gasteiger partial charge in [-0.15, -0.1) is 0 Å². The third-order valence-electron chi connectivity index (χ3n) is 2.00. The highest BCUT2D eigenvalue weighted by atomic mass is 35.5. The second-order valence-electron chi connectivity index (χ2n) is 2.82. The van der Waals surface area contributed by atoms with E-state index in [-0.39, 0.29) is 0 Å². The number of hydrogen-bond acceptors (Lipinski definition) is 2. The number of halogens is 1. The third-order valence-corrected chi connectivity index (χ3v) is 2.40. The molecule has 0 aliphatic heterocycles. The Morgan fingerprint density at radius 3 is 2.57 bits per heavy atom. The first-order valence-corrected chi connectivity index (χ1v) is 4.86. The maximum absolute atomic E-state index is 6.08. The smallest absolute Gasteiger partial charge is 0.0832 e. The maximum atomic E-state index is 6.08. The Labute approximate surface area is 92.0 Å². The zero-order chi connectivity index (χ0) is 9.97. The average Bonchev–Trinajstić information content (AvgIpc) is 2.19. The highest BCUT2D eigenvalue weighted by Gasteiger charge is 2.02. The maximum Gasteiger partial charge on any atom is 0.0832 e. The largest absolute Gasteiger partial charge is 0.194 e. The van der Waals surface area contributed by atoms with E-state index in [9.17, 15) is 0 Å². The first kappa shape index (κ1) is 9.35. The van der Waals surface area contributed by atoms with Gasteiger partial charge >= 0.3 is 0 Å². The number of thiocarbonyl (C=S) groups is 1. The molecule has 0 aromatic heterocycles. The Morgan fingerprint density at radius 1 is 1.14 bits per heavy atom. The molecular weight excluding hydrogens is 214 g/mol. The van der Waals surface area contributed by atoms with Crippen LogP contribution in [0.2, 0.25) is 5.02 Å². The Balaban J connectivity index is 2.90. The van der Waals surface area contributed by atoms with Crippen molar-refractivity contribution in [2.75, 3.05) is 0 Å². The van der Waals surface area contributed by atoms with Gasteiger partial charge in [0.1, 0.15) is 0 Å². The fraction of sp³-hybridized carbons (Fsp3) is 0. The molecule has 0 amide bonds. The molecule has 0 unspecified atom stereocenters. The molecule has 0 saturated heterocycles. The van der Waals surface area contributed by atoms with Crippen LogP contribution in [-0.2, 0) is 0 Å². The lowest BCUT2D eigenvalue weighted by Gasteiger charge is -2.02. The van der Waals surface area contributed by atoms with E-state index in [0.29, 0.717) is 5.02 Å². The van der Waals surface area contributed by atoms with Gasteiger partial charge in [0.25, 0.3) is 0 Å². The Bertz CT molecular complexity index is 525. The predicted octanol–water partition coefficient (Wildman–Crippen LogP) is 4.23. The van der Waals surface area contributed by atoms with Crippen molar-refractivity contribution in [3.05, 3.63) is 41.4 Å². The number of nitrogens with zero attached hydrogens (tertiary/aromatic N) is 1. The van der Waals surface area contributed by atoms with Gasteiger partial charge in [0.2, 0.25) is 0 Å². The van der Waals surface area contributed by atoms with Crippen LogP contribution in [0.25, 0.3) is 10.8 Å². The molecule has 1 nitrogen and oxygen atoms in total. The van der Waals surface area contributed by atoms with Crippen molar-refractivity contribution in [2.45, 2.75) is 0 Å². The first-order chi connectivity index (χ1) is 6.83. The summed E-state index contributed by atoms with van der Waals surface area (Å²) in [6.45, 7) is 0. The van der Waals surface area contributed by atoms with Gasteiger partial charge in [-0.2, -0.15) is 4.99 Å². The van der Waals surface area contributed by atoms with Crippen LogP contribution in [0.1, 0.15) is 0 Å². The summed E-state index contributed by atoms with van der Waals surface area (Å²) in [5.74, 6) is 0. The van der Waals surface area contributed by atoms with Crippen LogP contribution in [-0.4, -0.2) is 5.16 Å². The van der Waals surface area contributed by atoms with Crippen LogP contribution in [0, 0.1) is 0 Å². The lowest BCUT2D eigenvalue weighted by molar-refractivity contribution is 1.60. The normalized spacial score (nSPS) is 9.79. The van der Waals surface area contributed by atoms with E-state index < -0.39 is 0 Å². The minimum Gasteiger partial charge on any atom is -0.194 e. The molecule has 2 aromatic carbocycles. The fourth-order valence-electron chi connectivity index (χ4n) is 1.42. The molecule has 2 aromatic rings. The number of aliphatic imine (C=N–C) groups is 1. The first-order valence-electron chi connectivity index (χ1n) is 4.08. The minimum atomic E-state index is 0.687. The van der Waals surface area contributed by atoms with Gasteiger partial charge in [0, 0.05) is 5.39 Å². The summed E-state index contributed by atoms with van der Waals surface area (Å²) < 4.78 is 0. The summed E-state index contributed by atoms with van der Waals surface area (Å²) in [5.41, 5.74) is 0.767. The molecule has 0 saturated carbocycles. The Morgan fingerprint density at radius 2 is 1.86 bits per heavy atom. The molecule has 0 heterocycles. The highest BCUT2D eigenvalue weighted by molar-refractivity contribution is 7.78. The lowest BCUT2D eigenvalue weighted by Crippen LogP contribution is -1.74. The SMILES string of the molecule is S=C=Nc1cccc2cccc(Cl)c12. The lowest BCUT2D eigenvalue weighted by atomic mass is 10.1. The van der Waals surface area contributed by atoms with Gasteiger partial charge in [-0.25, -0.2) is 0 Å². The molecule has 0 spiro atoms. The predicted molar refractivity (Wildman–Crippen MR) is 63.6 cm³/mol. The molecule has 0 aliphatic carbocycles. The van der Waals surface area contributed by atoms with E-state index in [1.165, 1.54) is 0 Å². The van der Waals surface area contributed by atoms with Crippen molar-refractivity contribution in [3.8, 4) is 0 Å². The van der Waals surface area contributed by atoms with Gasteiger partial charge < -0.3 is 0 Å². The number of isothiocyanates is 1.